The Morgan fingerprint density at radius 3 is 2.48 bits per heavy atom. The number of rotatable bonds is 9. The fraction of sp³-hybridized carbons (Fsp3) is 0.348. The predicted molar refractivity (Wildman–Crippen MR) is 107 cm³/mol. The Balaban J connectivity index is 1.74. The van der Waals surface area contributed by atoms with Crippen LogP contribution in [0, 0.1) is 0 Å². The summed E-state index contributed by atoms with van der Waals surface area (Å²) in [5, 5.41) is 0. The van der Waals surface area contributed by atoms with Crippen molar-refractivity contribution in [3.05, 3.63) is 83.6 Å². The van der Waals surface area contributed by atoms with Crippen LogP contribution in [0.3, 0.4) is 0 Å². The first-order valence-corrected chi connectivity index (χ1v) is 9.68. The van der Waals surface area contributed by atoms with Crippen LogP contribution in [0.25, 0.3) is 0 Å². The highest BCUT2D eigenvalue weighted by Gasteiger charge is 2.18. The van der Waals surface area contributed by atoms with Crippen LogP contribution in [-0.4, -0.2) is 15.4 Å². The quantitative estimate of drug-likeness (QED) is 0.490. The molecule has 27 heavy (non-hydrogen) atoms. The first-order valence-electron chi connectivity index (χ1n) is 9.68. The summed E-state index contributed by atoms with van der Waals surface area (Å²) in [6.45, 7) is 3.21. The third kappa shape index (κ3) is 5.13. The van der Waals surface area contributed by atoms with Crippen LogP contribution in [0.4, 0.5) is 0 Å². The molecule has 0 unspecified atom stereocenters. The lowest BCUT2D eigenvalue weighted by Gasteiger charge is -2.22. The number of amides is 1. The number of benzene rings is 1. The molecule has 2 heterocycles. The number of unbranched alkanes of at least 4 members (excludes halogenated alkanes) is 2. The van der Waals surface area contributed by atoms with Crippen molar-refractivity contribution >= 4 is 5.91 Å². The molecule has 0 bridgehead atoms. The number of aryl methyl sites for hydroxylation is 2. The zero-order valence-electron chi connectivity index (χ0n) is 16.2. The SMILES string of the molecule is CCCCCc1ccc(C(=O)N(Cc2ccco2)Cc2cccn2C)cc1. The van der Waals surface area contributed by atoms with E-state index < -0.39 is 0 Å². The van der Waals surface area contributed by atoms with Gasteiger partial charge < -0.3 is 13.9 Å². The molecule has 3 aromatic rings. The maximum absolute atomic E-state index is 13.2. The van der Waals surface area contributed by atoms with Gasteiger partial charge in [-0.05, 0) is 54.8 Å². The van der Waals surface area contributed by atoms with Gasteiger partial charge in [-0.1, -0.05) is 31.9 Å². The van der Waals surface area contributed by atoms with Crippen LogP contribution >= 0.6 is 0 Å². The Labute approximate surface area is 161 Å². The fourth-order valence-electron chi connectivity index (χ4n) is 3.22. The molecular formula is C23H28N2O2. The Hall–Kier alpha value is -2.75. The van der Waals surface area contributed by atoms with Crippen molar-refractivity contribution in [2.24, 2.45) is 7.05 Å². The Bertz CT molecular complexity index is 832. The number of furan rings is 1. The van der Waals surface area contributed by atoms with Crippen molar-refractivity contribution in [2.45, 2.75) is 45.7 Å². The van der Waals surface area contributed by atoms with Crippen molar-refractivity contribution < 1.29 is 9.21 Å². The van der Waals surface area contributed by atoms with E-state index in [1.807, 2.05) is 59.1 Å². The lowest BCUT2D eigenvalue weighted by atomic mass is 10.0. The van der Waals surface area contributed by atoms with Gasteiger partial charge in [0, 0.05) is 24.5 Å². The number of nitrogens with zero attached hydrogens (tertiary/aromatic N) is 2. The number of hydrogen-bond donors (Lipinski definition) is 0. The van der Waals surface area contributed by atoms with E-state index >= 15 is 0 Å². The molecule has 0 aliphatic heterocycles. The number of aromatic nitrogens is 1. The fourth-order valence-corrected chi connectivity index (χ4v) is 3.22. The molecule has 0 radical (unpaired) electrons. The molecule has 4 nitrogen and oxygen atoms in total. The van der Waals surface area contributed by atoms with E-state index in [0.717, 1.165) is 23.4 Å². The van der Waals surface area contributed by atoms with Crippen LogP contribution in [0.5, 0.6) is 0 Å². The van der Waals surface area contributed by atoms with E-state index in [1.165, 1.54) is 24.8 Å². The van der Waals surface area contributed by atoms with E-state index in [1.54, 1.807) is 6.26 Å². The largest absolute Gasteiger partial charge is 0.467 e. The smallest absolute Gasteiger partial charge is 0.254 e. The topological polar surface area (TPSA) is 38.4 Å². The molecule has 0 saturated carbocycles. The highest BCUT2D eigenvalue weighted by molar-refractivity contribution is 5.94. The van der Waals surface area contributed by atoms with Gasteiger partial charge in [0.2, 0.25) is 0 Å². The number of hydrogen-bond acceptors (Lipinski definition) is 2. The Morgan fingerprint density at radius 1 is 1.04 bits per heavy atom. The molecule has 0 saturated heterocycles. The Kier molecular flexibility index (Phi) is 6.53. The number of carbonyl (C=O) groups excluding carboxylic acids is 1. The van der Waals surface area contributed by atoms with Gasteiger partial charge in [0.25, 0.3) is 5.91 Å². The van der Waals surface area contributed by atoms with E-state index in [2.05, 4.69) is 19.1 Å². The molecule has 1 amide bonds. The predicted octanol–water partition coefficient (Wildman–Crippen LogP) is 5.19. The van der Waals surface area contributed by atoms with Crippen molar-refractivity contribution in [3.63, 3.8) is 0 Å². The summed E-state index contributed by atoms with van der Waals surface area (Å²) in [5.74, 6) is 0.807. The number of carbonyl (C=O) groups is 1. The summed E-state index contributed by atoms with van der Waals surface area (Å²) in [6, 6.07) is 15.9. The molecule has 0 fully saturated rings. The zero-order chi connectivity index (χ0) is 19.1. The van der Waals surface area contributed by atoms with Gasteiger partial charge in [0.1, 0.15) is 5.76 Å². The minimum atomic E-state index is 0.0210. The first-order chi connectivity index (χ1) is 13.2. The molecule has 0 N–H and O–H groups in total. The van der Waals surface area contributed by atoms with Gasteiger partial charge in [-0.15, -0.1) is 0 Å². The van der Waals surface area contributed by atoms with E-state index in [-0.39, 0.29) is 5.91 Å². The monoisotopic (exact) mass is 364 g/mol. The van der Waals surface area contributed by atoms with E-state index in [9.17, 15) is 4.79 Å². The summed E-state index contributed by atoms with van der Waals surface area (Å²) in [4.78, 5) is 15.0. The molecule has 0 aliphatic rings. The summed E-state index contributed by atoms with van der Waals surface area (Å²) < 4.78 is 7.51. The molecule has 0 atom stereocenters. The van der Waals surface area contributed by atoms with Gasteiger partial charge in [0.15, 0.2) is 0 Å². The van der Waals surface area contributed by atoms with Gasteiger partial charge in [-0.25, -0.2) is 0 Å². The maximum Gasteiger partial charge on any atom is 0.254 e. The highest BCUT2D eigenvalue weighted by Crippen LogP contribution is 2.16. The third-order valence-corrected chi connectivity index (χ3v) is 4.89. The maximum atomic E-state index is 13.2. The average Bonchev–Trinajstić information content (AvgIpc) is 3.33. The zero-order valence-corrected chi connectivity index (χ0v) is 16.2. The second-order valence-corrected chi connectivity index (χ2v) is 7.01. The minimum Gasteiger partial charge on any atom is -0.467 e. The lowest BCUT2D eigenvalue weighted by Crippen LogP contribution is -2.30. The van der Waals surface area contributed by atoms with Crippen molar-refractivity contribution in [1.29, 1.82) is 0 Å². The summed E-state index contributed by atoms with van der Waals surface area (Å²) >= 11 is 0. The van der Waals surface area contributed by atoms with Gasteiger partial charge in [-0.2, -0.15) is 0 Å². The molecule has 2 aromatic heterocycles. The van der Waals surface area contributed by atoms with Crippen molar-refractivity contribution in [1.82, 2.24) is 9.47 Å². The Morgan fingerprint density at radius 2 is 1.85 bits per heavy atom. The second kappa shape index (κ2) is 9.26. The van der Waals surface area contributed by atoms with Crippen LogP contribution < -0.4 is 0 Å². The molecular weight excluding hydrogens is 336 g/mol. The average molecular weight is 364 g/mol. The van der Waals surface area contributed by atoms with Gasteiger partial charge in [0.05, 0.1) is 19.4 Å². The lowest BCUT2D eigenvalue weighted by molar-refractivity contribution is 0.0714. The van der Waals surface area contributed by atoms with Gasteiger partial charge >= 0.3 is 0 Å². The molecule has 0 aliphatic carbocycles. The van der Waals surface area contributed by atoms with Crippen molar-refractivity contribution in [2.75, 3.05) is 0 Å². The molecule has 1 aromatic carbocycles. The summed E-state index contributed by atoms with van der Waals surface area (Å²) in [6.07, 6.45) is 8.37. The van der Waals surface area contributed by atoms with Crippen LogP contribution in [0.2, 0.25) is 0 Å². The summed E-state index contributed by atoms with van der Waals surface area (Å²) in [7, 11) is 2.00. The molecule has 0 spiro atoms. The molecule has 3 rings (SSSR count). The van der Waals surface area contributed by atoms with Crippen LogP contribution in [0.15, 0.2) is 65.4 Å². The van der Waals surface area contributed by atoms with E-state index in [0.29, 0.717) is 13.1 Å². The summed E-state index contributed by atoms with van der Waals surface area (Å²) in [5.41, 5.74) is 3.10. The van der Waals surface area contributed by atoms with Crippen LogP contribution in [-0.2, 0) is 26.6 Å². The normalized spacial score (nSPS) is 10.9. The van der Waals surface area contributed by atoms with E-state index in [4.69, 9.17) is 4.42 Å². The van der Waals surface area contributed by atoms with Crippen LogP contribution in [0.1, 0.15) is 53.6 Å². The highest BCUT2D eigenvalue weighted by atomic mass is 16.3. The second-order valence-electron chi connectivity index (χ2n) is 7.01. The minimum absolute atomic E-state index is 0.0210. The van der Waals surface area contributed by atoms with Crippen molar-refractivity contribution in [3.8, 4) is 0 Å². The molecule has 4 heteroatoms. The standard InChI is InChI=1S/C23H28N2O2/c1-3-4-5-8-19-11-13-20(14-12-19)23(26)25(18-22-10-7-16-27-22)17-21-9-6-15-24(21)2/h6-7,9-16H,3-5,8,17-18H2,1-2H3. The first kappa shape index (κ1) is 19.0. The van der Waals surface area contributed by atoms with Gasteiger partial charge in [-0.3, -0.25) is 4.79 Å². The third-order valence-electron chi connectivity index (χ3n) is 4.89. The molecule has 142 valence electrons.